The predicted octanol–water partition coefficient (Wildman–Crippen LogP) is 4.66. The van der Waals surface area contributed by atoms with E-state index in [2.05, 4.69) is 36.8 Å². The highest BCUT2D eigenvalue weighted by Gasteiger charge is 2.12. The summed E-state index contributed by atoms with van der Waals surface area (Å²) < 4.78 is 13.8. The van der Waals surface area contributed by atoms with Crippen LogP contribution in [0.5, 0.6) is 0 Å². The minimum atomic E-state index is -0.238. The van der Waals surface area contributed by atoms with E-state index in [0.717, 1.165) is 22.2 Å². The van der Waals surface area contributed by atoms with Gasteiger partial charge in [0.1, 0.15) is 5.82 Å². The van der Waals surface area contributed by atoms with Crippen molar-refractivity contribution in [3.05, 3.63) is 64.1 Å². The highest BCUT2D eigenvalue weighted by atomic mass is 79.9. The molecule has 1 unspecified atom stereocenters. The fourth-order valence-electron chi connectivity index (χ4n) is 1.57. The first-order chi connectivity index (χ1) is 8.16. The lowest BCUT2D eigenvalue weighted by atomic mass is 10.1. The van der Waals surface area contributed by atoms with Gasteiger partial charge in [-0.15, -0.1) is 0 Å². The molecule has 0 bridgehead atoms. The first-order valence-corrected chi connectivity index (χ1v) is 6.86. The van der Waals surface area contributed by atoms with Crippen LogP contribution in [-0.2, 0) is 6.42 Å². The van der Waals surface area contributed by atoms with Crippen LogP contribution in [0.3, 0.4) is 0 Å². The average Bonchev–Trinajstić information content (AvgIpc) is 2.30. The van der Waals surface area contributed by atoms with Crippen LogP contribution in [0.15, 0.2) is 47.1 Å². The molecule has 4 heteroatoms. The number of halogens is 3. The molecule has 2 aromatic rings. The summed E-state index contributed by atoms with van der Waals surface area (Å²) in [4.78, 5) is 4.39. The van der Waals surface area contributed by atoms with Gasteiger partial charge >= 0.3 is 0 Å². The van der Waals surface area contributed by atoms with E-state index in [-0.39, 0.29) is 10.6 Å². The molecule has 1 heterocycles. The minimum Gasteiger partial charge on any atom is -0.261 e. The van der Waals surface area contributed by atoms with Crippen LogP contribution in [0.4, 0.5) is 4.39 Å². The third-order valence-corrected chi connectivity index (χ3v) is 3.92. The molecule has 0 fully saturated rings. The van der Waals surface area contributed by atoms with Gasteiger partial charge in [0.15, 0.2) is 0 Å². The van der Waals surface area contributed by atoms with Gasteiger partial charge in [-0.1, -0.05) is 44.0 Å². The van der Waals surface area contributed by atoms with Gasteiger partial charge in [0.05, 0.1) is 0 Å². The second-order valence-electron chi connectivity index (χ2n) is 3.66. The number of benzene rings is 1. The predicted molar refractivity (Wildman–Crippen MR) is 73.7 cm³/mol. The summed E-state index contributed by atoms with van der Waals surface area (Å²) in [7, 11) is 0. The molecule has 0 saturated carbocycles. The summed E-state index contributed by atoms with van der Waals surface area (Å²) in [6, 6.07) is 10.5. The van der Waals surface area contributed by atoms with E-state index >= 15 is 0 Å². The largest absolute Gasteiger partial charge is 0.261 e. The number of hydrogen-bond donors (Lipinski definition) is 0. The maximum absolute atomic E-state index is 13.0. The van der Waals surface area contributed by atoms with Crippen LogP contribution < -0.4 is 0 Å². The van der Waals surface area contributed by atoms with Crippen molar-refractivity contribution in [3.8, 4) is 0 Å². The molecule has 0 spiro atoms. The Morgan fingerprint density at radius 3 is 2.71 bits per heavy atom. The number of aromatic nitrogens is 1. The molecule has 2 rings (SSSR count). The smallest absolute Gasteiger partial charge is 0.124 e. The summed E-state index contributed by atoms with van der Waals surface area (Å²) in [5.41, 5.74) is 2.03. The first kappa shape index (κ1) is 12.7. The van der Waals surface area contributed by atoms with Crippen molar-refractivity contribution in [3.63, 3.8) is 0 Å². The summed E-state index contributed by atoms with van der Waals surface area (Å²) in [6.45, 7) is 0. The molecule has 1 atom stereocenters. The zero-order valence-corrected chi connectivity index (χ0v) is 12.1. The van der Waals surface area contributed by atoms with Gasteiger partial charge in [-0.05, 0) is 29.8 Å². The maximum atomic E-state index is 13.0. The van der Waals surface area contributed by atoms with Crippen molar-refractivity contribution in [1.82, 2.24) is 4.98 Å². The van der Waals surface area contributed by atoms with E-state index in [0.29, 0.717) is 0 Å². The Hall–Kier alpha value is -0.740. The van der Waals surface area contributed by atoms with Crippen molar-refractivity contribution in [2.45, 2.75) is 11.2 Å². The highest BCUT2D eigenvalue weighted by Crippen LogP contribution is 2.32. The number of nitrogens with zero attached hydrogens (tertiary/aromatic N) is 1. The summed E-state index contributed by atoms with van der Waals surface area (Å²) in [5.74, 6) is -0.238. The van der Waals surface area contributed by atoms with Gasteiger partial charge in [-0.25, -0.2) is 4.39 Å². The Balaban J connectivity index is 2.17. The monoisotopic (exact) mass is 357 g/mol. The third-order valence-electron chi connectivity index (χ3n) is 2.41. The fraction of sp³-hybridized carbons (Fsp3) is 0.154. The van der Waals surface area contributed by atoms with Gasteiger partial charge in [0, 0.05) is 27.6 Å². The molecule has 1 nitrogen and oxygen atoms in total. The normalized spacial score (nSPS) is 12.4. The molecular formula is C13H10Br2FN. The molecule has 0 aliphatic carbocycles. The maximum Gasteiger partial charge on any atom is 0.124 e. The lowest BCUT2D eigenvalue weighted by Gasteiger charge is -2.11. The molecule has 0 aliphatic heterocycles. The van der Waals surface area contributed by atoms with Crippen molar-refractivity contribution in [1.29, 1.82) is 0 Å². The second kappa shape index (κ2) is 5.74. The molecule has 0 N–H and O–H groups in total. The van der Waals surface area contributed by atoms with Gasteiger partial charge in [0.25, 0.3) is 0 Å². The summed E-state index contributed by atoms with van der Waals surface area (Å²) >= 11 is 6.98. The fourth-order valence-corrected chi connectivity index (χ4v) is 3.23. The molecule has 1 aromatic heterocycles. The number of hydrogen-bond acceptors (Lipinski definition) is 1. The second-order valence-corrected chi connectivity index (χ2v) is 5.62. The van der Waals surface area contributed by atoms with Gasteiger partial charge < -0.3 is 0 Å². The molecule has 0 saturated heterocycles. The van der Waals surface area contributed by atoms with Crippen molar-refractivity contribution >= 4 is 31.9 Å². The summed E-state index contributed by atoms with van der Waals surface area (Å²) in [5, 5.41) is 0. The van der Waals surface area contributed by atoms with Crippen LogP contribution in [0, 0.1) is 5.82 Å². The SMILES string of the molecule is Fc1ccc(C(Br)Cc2ccccn2)c(Br)c1. The van der Waals surface area contributed by atoms with E-state index in [9.17, 15) is 4.39 Å². The lowest BCUT2D eigenvalue weighted by molar-refractivity contribution is 0.625. The number of alkyl halides is 1. The number of rotatable bonds is 3. The minimum absolute atomic E-state index is 0.118. The van der Waals surface area contributed by atoms with Gasteiger partial charge in [-0.2, -0.15) is 0 Å². The van der Waals surface area contributed by atoms with Crippen LogP contribution >= 0.6 is 31.9 Å². The van der Waals surface area contributed by atoms with Crippen molar-refractivity contribution in [2.24, 2.45) is 0 Å². The first-order valence-electron chi connectivity index (χ1n) is 5.16. The van der Waals surface area contributed by atoms with Gasteiger partial charge in [0.2, 0.25) is 0 Å². The molecule has 1 aromatic carbocycles. The molecule has 0 radical (unpaired) electrons. The van der Waals surface area contributed by atoms with Crippen LogP contribution in [-0.4, -0.2) is 4.98 Å². The standard InChI is InChI=1S/C13H10Br2FN/c14-12-7-9(16)4-5-11(12)13(15)8-10-3-1-2-6-17-10/h1-7,13H,8H2. The number of pyridine rings is 1. The topological polar surface area (TPSA) is 12.9 Å². The van der Waals surface area contributed by atoms with Crippen molar-refractivity contribution < 1.29 is 4.39 Å². The molecular weight excluding hydrogens is 349 g/mol. The third kappa shape index (κ3) is 3.36. The quantitative estimate of drug-likeness (QED) is 0.727. The Morgan fingerprint density at radius 2 is 2.06 bits per heavy atom. The Labute approximate surface area is 116 Å². The van der Waals surface area contributed by atoms with Crippen LogP contribution in [0.2, 0.25) is 0 Å². The summed E-state index contributed by atoms with van der Waals surface area (Å²) in [6.07, 6.45) is 2.54. The van der Waals surface area contributed by atoms with Crippen molar-refractivity contribution in [2.75, 3.05) is 0 Å². The van der Waals surface area contributed by atoms with Crippen LogP contribution in [0.25, 0.3) is 0 Å². The molecule has 0 amide bonds. The lowest BCUT2D eigenvalue weighted by Crippen LogP contribution is -1.98. The van der Waals surface area contributed by atoms with E-state index in [4.69, 9.17) is 0 Å². The molecule has 88 valence electrons. The zero-order valence-electron chi connectivity index (χ0n) is 8.91. The van der Waals surface area contributed by atoms with Crippen LogP contribution in [0.1, 0.15) is 16.1 Å². The van der Waals surface area contributed by atoms with E-state index in [1.54, 1.807) is 12.3 Å². The zero-order chi connectivity index (χ0) is 12.3. The Kier molecular flexibility index (Phi) is 4.29. The molecule has 0 aliphatic rings. The Bertz CT molecular complexity index is 502. The highest BCUT2D eigenvalue weighted by molar-refractivity contribution is 9.11. The van der Waals surface area contributed by atoms with E-state index < -0.39 is 0 Å². The van der Waals surface area contributed by atoms with E-state index in [1.165, 1.54) is 12.1 Å². The van der Waals surface area contributed by atoms with Gasteiger partial charge in [-0.3, -0.25) is 4.98 Å². The van der Waals surface area contributed by atoms with E-state index in [1.807, 2.05) is 18.2 Å². The average molecular weight is 359 g/mol. The Morgan fingerprint density at radius 1 is 1.24 bits per heavy atom. The molecule has 17 heavy (non-hydrogen) atoms.